The number of thiazole rings is 2. The second-order valence-corrected chi connectivity index (χ2v) is 9.65. The second kappa shape index (κ2) is 8.20. The van der Waals surface area contributed by atoms with Crippen LogP contribution in [0.1, 0.15) is 54.2 Å². The topological polar surface area (TPSA) is 71.0 Å². The Bertz CT molecular complexity index is 1000. The Balaban J connectivity index is 1.46. The van der Waals surface area contributed by atoms with E-state index in [2.05, 4.69) is 34.1 Å². The van der Waals surface area contributed by atoms with Crippen LogP contribution in [-0.4, -0.2) is 37.8 Å². The highest BCUT2D eigenvalue weighted by Crippen LogP contribution is 2.33. The van der Waals surface area contributed by atoms with Crippen LogP contribution >= 0.6 is 22.7 Å². The number of amides is 1. The van der Waals surface area contributed by atoms with Gasteiger partial charge in [0.05, 0.1) is 26.8 Å². The van der Waals surface area contributed by atoms with Gasteiger partial charge in [-0.1, -0.05) is 0 Å². The minimum Gasteiger partial charge on any atom is -0.333 e. The molecule has 0 aromatic carbocycles. The fourth-order valence-electron chi connectivity index (χ4n) is 3.88. The molecular weight excluding hydrogens is 402 g/mol. The van der Waals surface area contributed by atoms with Crippen LogP contribution < -0.4 is 5.32 Å². The molecule has 1 amide bonds. The Morgan fingerprint density at radius 1 is 1.17 bits per heavy atom. The lowest BCUT2D eigenvalue weighted by atomic mass is 9.96. The number of carbonyl (C=O) groups is 1. The summed E-state index contributed by atoms with van der Waals surface area (Å²) in [6.45, 7) is 8.27. The summed E-state index contributed by atoms with van der Waals surface area (Å²) in [5, 5.41) is 7.08. The molecule has 0 radical (unpaired) electrons. The first kappa shape index (κ1) is 20.0. The Labute approximate surface area is 179 Å². The van der Waals surface area contributed by atoms with Gasteiger partial charge in [0, 0.05) is 23.7 Å². The molecule has 4 heterocycles. The van der Waals surface area contributed by atoms with Gasteiger partial charge in [0.25, 0.3) is 5.91 Å². The molecule has 1 aliphatic heterocycles. The van der Waals surface area contributed by atoms with Crippen molar-refractivity contribution in [2.24, 2.45) is 0 Å². The predicted octanol–water partition coefficient (Wildman–Crippen LogP) is 5.43. The number of piperidine rings is 1. The van der Waals surface area contributed by atoms with Gasteiger partial charge in [0.1, 0.15) is 5.82 Å². The molecule has 0 aliphatic carbocycles. The first-order chi connectivity index (χ1) is 13.9. The average molecular weight is 428 g/mol. The molecule has 1 N–H and O–H groups in total. The van der Waals surface area contributed by atoms with Crippen molar-refractivity contribution >= 4 is 39.5 Å². The van der Waals surface area contributed by atoms with E-state index in [9.17, 15) is 4.79 Å². The first-order valence-corrected chi connectivity index (χ1v) is 11.6. The van der Waals surface area contributed by atoms with Gasteiger partial charge >= 0.3 is 0 Å². The zero-order valence-corrected chi connectivity index (χ0v) is 18.7. The number of nitrogens with one attached hydrogen (secondary N) is 1. The number of hydrogen-bond donors (Lipinski definition) is 1. The first-order valence-electron chi connectivity index (χ1n) is 9.88. The van der Waals surface area contributed by atoms with Crippen LogP contribution in [-0.2, 0) is 0 Å². The number of aryl methyl sites for hydroxylation is 2. The molecule has 2 unspecified atom stereocenters. The molecule has 1 fully saturated rings. The molecule has 0 spiro atoms. The monoisotopic (exact) mass is 427 g/mol. The lowest BCUT2D eigenvalue weighted by molar-refractivity contribution is 0.0510. The van der Waals surface area contributed by atoms with E-state index in [0.717, 1.165) is 39.2 Å². The summed E-state index contributed by atoms with van der Waals surface area (Å²) in [6, 6.07) is 4.24. The molecule has 3 aromatic rings. The standard InChI is InChI=1S/C21H25N5OS2/c1-12-6-5-7-13(2)26(12)20(27)16-8-9-18(22-10-16)25-21-24-17(11-28-21)19-14(3)23-15(4)29-19/h8-13H,5-7H2,1-4H3,(H,22,24,25). The number of carbonyl (C=O) groups excluding carboxylic acids is 1. The highest BCUT2D eigenvalue weighted by molar-refractivity contribution is 7.16. The maximum absolute atomic E-state index is 12.9. The summed E-state index contributed by atoms with van der Waals surface area (Å²) in [5.41, 5.74) is 2.57. The normalized spacial score (nSPS) is 19.4. The van der Waals surface area contributed by atoms with Crippen molar-refractivity contribution in [2.75, 3.05) is 5.32 Å². The molecule has 2 atom stereocenters. The fourth-order valence-corrected chi connectivity index (χ4v) is 5.54. The zero-order chi connectivity index (χ0) is 20.5. The minimum absolute atomic E-state index is 0.0660. The molecule has 0 bridgehead atoms. The van der Waals surface area contributed by atoms with Crippen molar-refractivity contribution in [1.82, 2.24) is 19.9 Å². The van der Waals surface area contributed by atoms with Gasteiger partial charge in [-0.3, -0.25) is 4.79 Å². The van der Waals surface area contributed by atoms with E-state index in [1.54, 1.807) is 17.5 Å². The van der Waals surface area contributed by atoms with E-state index in [1.165, 1.54) is 17.8 Å². The molecule has 1 saturated heterocycles. The number of likely N-dealkylation sites (tertiary alicyclic amines) is 1. The summed E-state index contributed by atoms with van der Waals surface area (Å²) in [6.07, 6.45) is 4.97. The van der Waals surface area contributed by atoms with Crippen LogP contribution in [0.2, 0.25) is 0 Å². The van der Waals surface area contributed by atoms with Crippen molar-refractivity contribution in [3.8, 4) is 10.6 Å². The molecule has 3 aromatic heterocycles. The summed E-state index contributed by atoms with van der Waals surface area (Å²) >= 11 is 3.19. The molecule has 1 aliphatic rings. The summed E-state index contributed by atoms with van der Waals surface area (Å²) in [5.74, 6) is 0.746. The third-order valence-electron chi connectivity index (χ3n) is 5.31. The summed E-state index contributed by atoms with van der Waals surface area (Å²) in [7, 11) is 0. The number of rotatable bonds is 4. The van der Waals surface area contributed by atoms with Crippen LogP contribution in [0.5, 0.6) is 0 Å². The van der Waals surface area contributed by atoms with Gasteiger partial charge in [-0.15, -0.1) is 22.7 Å². The fraction of sp³-hybridized carbons (Fsp3) is 0.429. The molecule has 4 rings (SSSR count). The van der Waals surface area contributed by atoms with Gasteiger partial charge < -0.3 is 10.2 Å². The van der Waals surface area contributed by atoms with Crippen LogP contribution in [0.3, 0.4) is 0 Å². The molecular formula is C21H25N5OS2. The summed E-state index contributed by atoms with van der Waals surface area (Å²) < 4.78 is 0. The largest absolute Gasteiger partial charge is 0.333 e. The molecule has 29 heavy (non-hydrogen) atoms. The third-order valence-corrected chi connectivity index (χ3v) is 7.17. The average Bonchev–Trinajstić information content (AvgIpc) is 3.27. The van der Waals surface area contributed by atoms with E-state index in [0.29, 0.717) is 11.4 Å². The van der Waals surface area contributed by atoms with Gasteiger partial charge in [0.15, 0.2) is 5.13 Å². The number of pyridine rings is 1. The van der Waals surface area contributed by atoms with Crippen LogP contribution in [0.25, 0.3) is 10.6 Å². The highest BCUT2D eigenvalue weighted by Gasteiger charge is 2.29. The quantitative estimate of drug-likeness (QED) is 0.601. The Hall–Kier alpha value is -2.32. The van der Waals surface area contributed by atoms with Crippen LogP contribution in [0.4, 0.5) is 10.9 Å². The maximum atomic E-state index is 12.9. The molecule has 152 valence electrons. The Morgan fingerprint density at radius 2 is 1.93 bits per heavy atom. The third kappa shape index (κ3) is 4.18. The van der Waals surface area contributed by atoms with Gasteiger partial charge in [-0.25, -0.2) is 15.0 Å². The van der Waals surface area contributed by atoms with E-state index >= 15 is 0 Å². The Morgan fingerprint density at radius 3 is 2.55 bits per heavy atom. The van der Waals surface area contributed by atoms with Crippen LogP contribution in [0, 0.1) is 13.8 Å². The minimum atomic E-state index is 0.0660. The zero-order valence-electron chi connectivity index (χ0n) is 17.1. The predicted molar refractivity (Wildman–Crippen MR) is 119 cm³/mol. The smallest absolute Gasteiger partial charge is 0.255 e. The maximum Gasteiger partial charge on any atom is 0.255 e. The van der Waals surface area contributed by atoms with E-state index in [4.69, 9.17) is 0 Å². The Kier molecular flexibility index (Phi) is 5.65. The van der Waals surface area contributed by atoms with Gasteiger partial charge in [0.2, 0.25) is 0 Å². The number of anilines is 2. The molecule has 8 heteroatoms. The number of hydrogen-bond acceptors (Lipinski definition) is 7. The van der Waals surface area contributed by atoms with E-state index < -0.39 is 0 Å². The summed E-state index contributed by atoms with van der Waals surface area (Å²) in [4.78, 5) is 29.6. The van der Waals surface area contributed by atoms with Crippen molar-refractivity contribution in [1.29, 1.82) is 0 Å². The van der Waals surface area contributed by atoms with Crippen molar-refractivity contribution in [3.63, 3.8) is 0 Å². The van der Waals surface area contributed by atoms with Crippen molar-refractivity contribution < 1.29 is 4.79 Å². The SMILES string of the molecule is Cc1nc(C)c(-c2csc(Nc3ccc(C(=O)N4C(C)CCCC4C)cn3)n2)s1. The molecule has 0 saturated carbocycles. The highest BCUT2D eigenvalue weighted by atomic mass is 32.1. The lowest BCUT2D eigenvalue weighted by Gasteiger charge is -2.39. The second-order valence-electron chi connectivity index (χ2n) is 7.58. The van der Waals surface area contributed by atoms with Crippen molar-refractivity contribution in [2.45, 2.75) is 59.0 Å². The number of aromatic nitrogens is 3. The van der Waals surface area contributed by atoms with Gasteiger partial charge in [-0.2, -0.15) is 0 Å². The number of nitrogens with zero attached hydrogens (tertiary/aromatic N) is 4. The van der Waals surface area contributed by atoms with Gasteiger partial charge in [-0.05, 0) is 59.1 Å². The molecule has 6 nitrogen and oxygen atoms in total. The lowest BCUT2D eigenvalue weighted by Crippen LogP contribution is -2.47. The van der Waals surface area contributed by atoms with E-state index in [-0.39, 0.29) is 18.0 Å². The van der Waals surface area contributed by atoms with Crippen LogP contribution in [0.15, 0.2) is 23.7 Å². The van der Waals surface area contributed by atoms with E-state index in [1.807, 2.05) is 36.3 Å². The van der Waals surface area contributed by atoms with Crippen molar-refractivity contribution in [3.05, 3.63) is 40.0 Å².